The van der Waals surface area contributed by atoms with Gasteiger partial charge in [0.2, 0.25) is 0 Å². The predicted octanol–water partition coefficient (Wildman–Crippen LogP) is 3.25. The number of rotatable bonds is 10. The molecule has 0 saturated carbocycles. The predicted molar refractivity (Wildman–Crippen MR) is 86.8 cm³/mol. The molecule has 0 aromatic carbocycles. The highest BCUT2D eigenvalue weighted by Gasteiger charge is 2.10. The highest BCUT2D eigenvalue weighted by atomic mass is 32.2. The van der Waals surface area contributed by atoms with E-state index in [0.29, 0.717) is 6.61 Å². The molecule has 0 radical (unpaired) electrons. The normalized spacial score (nSPS) is 12.2. The largest absolute Gasteiger partial charge is 0.383 e. The number of nitrogens with zero attached hydrogens (tertiary/aromatic N) is 2. The lowest BCUT2D eigenvalue weighted by molar-refractivity contribution is 0.182. The molecule has 0 bridgehead atoms. The third kappa shape index (κ3) is 5.96. The van der Waals surface area contributed by atoms with Crippen LogP contribution < -0.4 is 10.6 Å². The fourth-order valence-corrected chi connectivity index (χ4v) is 2.27. The number of aromatic nitrogens is 2. The number of hydrogen-bond donors (Lipinski definition) is 2. The molecule has 0 amide bonds. The molecule has 0 aliphatic rings. The Kier molecular flexibility index (Phi) is 8.37. The fourth-order valence-electron chi connectivity index (χ4n) is 1.89. The van der Waals surface area contributed by atoms with Crippen molar-refractivity contribution in [1.82, 2.24) is 9.97 Å². The van der Waals surface area contributed by atoms with Crippen molar-refractivity contribution in [1.29, 1.82) is 0 Å². The molecular formula is C14H26N4OS. The van der Waals surface area contributed by atoms with E-state index in [1.807, 2.05) is 12.3 Å². The Bertz CT molecular complexity index is 383. The molecule has 1 aromatic rings. The van der Waals surface area contributed by atoms with Gasteiger partial charge in [-0.25, -0.2) is 9.97 Å². The van der Waals surface area contributed by atoms with Crippen molar-refractivity contribution in [2.75, 3.05) is 37.2 Å². The summed E-state index contributed by atoms with van der Waals surface area (Å²) in [5.74, 6) is 1.74. The molecule has 114 valence electrons. The van der Waals surface area contributed by atoms with Gasteiger partial charge in [-0.1, -0.05) is 32.0 Å². The van der Waals surface area contributed by atoms with Crippen LogP contribution in [0.4, 0.5) is 11.6 Å². The van der Waals surface area contributed by atoms with E-state index < -0.39 is 0 Å². The summed E-state index contributed by atoms with van der Waals surface area (Å²) >= 11 is 1.55. The summed E-state index contributed by atoms with van der Waals surface area (Å²) in [6.45, 7) is 5.91. The maximum atomic E-state index is 5.25. The molecule has 1 atom stereocenters. The molecule has 0 saturated heterocycles. The molecule has 0 aliphatic carbocycles. The SMILES string of the molecule is CCCNc1cc(NC(CCC)COC)nc(SC)n1. The van der Waals surface area contributed by atoms with Crippen molar-refractivity contribution in [2.24, 2.45) is 0 Å². The van der Waals surface area contributed by atoms with Crippen LogP contribution in [0.5, 0.6) is 0 Å². The number of ether oxygens (including phenoxy) is 1. The van der Waals surface area contributed by atoms with Crippen LogP contribution in [0.2, 0.25) is 0 Å². The molecule has 0 aliphatic heterocycles. The van der Waals surface area contributed by atoms with Gasteiger partial charge in [-0.15, -0.1) is 0 Å². The zero-order chi connectivity index (χ0) is 14.8. The summed E-state index contributed by atoms with van der Waals surface area (Å²) in [6, 6.07) is 2.25. The van der Waals surface area contributed by atoms with Gasteiger partial charge in [-0.2, -0.15) is 0 Å². The summed E-state index contributed by atoms with van der Waals surface area (Å²) in [4.78, 5) is 8.97. The van der Waals surface area contributed by atoms with Gasteiger partial charge in [0.05, 0.1) is 12.6 Å². The minimum atomic E-state index is 0.286. The summed E-state index contributed by atoms with van der Waals surface area (Å²) in [5.41, 5.74) is 0. The van der Waals surface area contributed by atoms with E-state index in [-0.39, 0.29) is 6.04 Å². The first kappa shape index (κ1) is 17.0. The Morgan fingerprint density at radius 2 is 2.00 bits per heavy atom. The van der Waals surface area contributed by atoms with Gasteiger partial charge in [0.15, 0.2) is 5.16 Å². The lowest BCUT2D eigenvalue weighted by atomic mass is 10.2. The van der Waals surface area contributed by atoms with E-state index in [0.717, 1.165) is 42.6 Å². The highest BCUT2D eigenvalue weighted by molar-refractivity contribution is 7.98. The van der Waals surface area contributed by atoms with E-state index in [4.69, 9.17) is 4.74 Å². The van der Waals surface area contributed by atoms with E-state index in [9.17, 15) is 0 Å². The molecule has 1 aromatic heterocycles. The lowest BCUT2D eigenvalue weighted by Gasteiger charge is -2.18. The third-order valence-corrected chi connectivity index (χ3v) is 3.35. The first-order valence-corrected chi connectivity index (χ1v) is 8.38. The second-order valence-corrected chi connectivity index (χ2v) is 5.41. The Morgan fingerprint density at radius 1 is 1.25 bits per heavy atom. The first-order chi connectivity index (χ1) is 9.73. The maximum absolute atomic E-state index is 5.25. The van der Waals surface area contributed by atoms with Crippen LogP contribution in [0.3, 0.4) is 0 Å². The van der Waals surface area contributed by atoms with Crippen LogP contribution >= 0.6 is 11.8 Å². The molecule has 6 heteroatoms. The van der Waals surface area contributed by atoms with E-state index in [2.05, 4.69) is 34.4 Å². The van der Waals surface area contributed by atoms with Crippen molar-refractivity contribution < 1.29 is 4.74 Å². The smallest absolute Gasteiger partial charge is 0.191 e. The van der Waals surface area contributed by atoms with Crippen molar-refractivity contribution in [2.45, 2.75) is 44.3 Å². The van der Waals surface area contributed by atoms with Crippen molar-refractivity contribution in [3.05, 3.63) is 6.07 Å². The summed E-state index contributed by atoms with van der Waals surface area (Å²) < 4.78 is 5.25. The molecule has 1 rings (SSSR count). The monoisotopic (exact) mass is 298 g/mol. The average Bonchev–Trinajstić information content (AvgIpc) is 2.45. The average molecular weight is 298 g/mol. The number of thioether (sulfide) groups is 1. The second kappa shape index (κ2) is 9.83. The molecular weight excluding hydrogens is 272 g/mol. The summed E-state index contributed by atoms with van der Waals surface area (Å²) in [5, 5.41) is 7.53. The van der Waals surface area contributed by atoms with Crippen molar-refractivity contribution >= 4 is 23.4 Å². The van der Waals surface area contributed by atoms with Gasteiger partial charge in [0, 0.05) is 19.7 Å². The van der Waals surface area contributed by atoms with Crippen LogP contribution in [0.1, 0.15) is 33.1 Å². The van der Waals surface area contributed by atoms with Gasteiger partial charge in [-0.05, 0) is 19.1 Å². The minimum absolute atomic E-state index is 0.286. The number of anilines is 2. The fraction of sp³-hybridized carbons (Fsp3) is 0.714. The Hall–Kier alpha value is -1.01. The van der Waals surface area contributed by atoms with Gasteiger partial charge in [0.25, 0.3) is 0 Å². The lowest BCUT2D eigenvalue weighted by Crippen LogP contribution is -2.25. The zero-order valence-corrected chi connectivity index (χ0v) is 13.7. The van der Waals surface area contributed by atoms with Crippen LogP contribution in [0, 0.1) is 0 Å². The van der Waals surface area contributed by atoms with Gasteiger partial charge in [-0.3, -0.25) is 0 Å². The quantitative estimate of drug-likeness (QED) is 0.511. The Morgan fingerprint density at radius 3 is 2.60 bits per heavy atom. The van der Waals surface area contributed by atoms with Crippen molar-refractivity contribution in [3.8, 4) is 0 Å². The van der Waals surface area contributed by atoms with Crippen molar-refractivity contribution in [3.63, 3.8) is 0 Å². The molecule has 20 heavy (non-hydrogen) atoms. The first-order valence-electron chi connectivity index (χ1n) is 7.15. The van der Waals surface area contributed by atoms with Gasteiger partial charge < -0.3 is 15.4 Å². The molecule has 5 nitrogen and oxygen atoms in total. The zero-order valence-electron chi connectivity index (χ0n) is 12.9. The van der Waals surface area contributed by atoms with E-state index in [1.165, 1.54) is 0 Å². The second-order valence-electron chi connectivity index (χ2n) is 4.64. The van der Waals surface area contributed by atoms with Crippen LogP contribution in [-0.4, -0.2) is 42.5 Å². The highest BCUT2D eigenvalue weighted by Crippen LogP contribution is 2.18. The number of nitrogens with one attached hydrogen (secondary N) is 2. The number of hydrogen-bond acceptors (Lipinski definition) is 6. The molecule has 2 N–H and O–H groups in total. The minimum Gasteiger partial charge on any atom is -0.383 e. The van der Waals surface area contributed by atoms with Crippen LogP contribution in [0.15, 0.2) is 11.2 Å². The van der Waals surface area contributed by atoms with Gasteiger partial charge >= 0.3 is 0 Å². The summed E-state index contributed by atoms with van der Waals surface area (Å²) in [7, 11) is 1.73. The van der Waals surface area contributed by atoms with E-state index >= 15 is 0 Å². The van der Waals surface area contributed by atoms with Gasteiger partial charge in [0.1, 0.15) is 11.6 Å². The number of methoxy groups -OCH3 is 1. The molecule has 0 fully saturated rings. The maximum Gasteiger partial charge on any atom is 0.191 e. The van der Waals surface area contributed by atoms with Crippen LogP contribution in [0.25, 0.3) is 0 Å². The molecule has 1 unspecified atom stereocenters. The Labute approximate surface area is 126 Å². The third-order valence-electron chi connectivity index (χ3n) is 2.80. The summed E-state index contributed by atoms with van der Waals surface area (Å²) in [6.07, 6.45) is 5.23. The molecule has 0 spiro atoms. The standard InChI is InChI=1S/C14H26N4OS/c1-5-7-11(10-19-3)16-13-9-12(15-8-6-2)17-14(18-13)20-4/h9,11H,5-8,10H2,1-4H3,(H2,15,16,17,18). The topological polar surface area (TPSA) is 59.1 Å². The van der Waals surface area contributed by atoms with E-state index in [1.54, 1.807) is 18.9 Å². The molecule has 1 heterocycles. The van der Waals surface area contributed by atoms with Crippen LogP contribution in [-0.2, 0) is 4.74 Å². The Balaban J connectivity index is 2.80.